The van der Waals surface area contributed by atoms with Crippen LogP contribution < -0.4 is 9.64 Å². The molecule has 0 N–H and O–H groups in total. The van der Waals surface area contributed by atoms with Crippen molar-refractivity contribution in [2.24, 2.45) is 0 Å². The van der Waals surface area contributed by atoms with E-state index in [1.165, 1.54) is 50.3 Å². The summed E-state index contributed by atoms with van der Waals surface area (Å²) in [6.07, 6.45) is 2.64. The van der Waals surface area contributed by atoms with E-state index in [1.807, 2.05) is 0 Å². The van der Waals surface area contributed by atoms with Crippen molar-refractivity contribution in [3.63, 3.8) is 0 Å². The molecule has 1 aromatic carbocycles. The highest BCUT2D eigenvalue weighted by atomic mass is 16.5. The number of rotatable bonds is 3. The normalized spacial score (nSPS) is 21.6. The average Bonchev–Trinajstić information content (AvgIpc) is 2.61. The average molecular weight is 346 g/mol. The van der Waals surface area contributed by atoms with Gasteiger partial charge < -0.3 is 14.5 Å². The summed E-state index contributed by atoms with van der Waals surface area (Å²) in [7, 11) is 4.03. The Morgan fingerprint density at radius 1 is 0.960 bits per heavy atom. The van der Waals surface area contributed by atoms with Crippen LogP contribution in [-0.2, 0) is 5.41 Å². The third-order valence-electron chi connectivity index (χ3n) is 5.91. The molecule has 4 heteroatoms. The summed E-state index contributed by atoms with van der Waals surface area (Å²) in [5.74, 6) is 1.01. The van der Waals surface area contributed by atoms with E-state index in [4.69, 9.17) is 4.74 Å². The molecule has 3 rings (SSSR count). The zero-order chi connectivity index (χ0) is 18.0. The molecule has 0 radical (unpaired) electrons. The van der Waals surface area contributed by atoms with Crippen LogP contribution >= 0.6 is 0 Å². The van der Waals surface area contributed by atoms with E-state index in [1.54, 1.807) is 7.11 Å². The van der Waals surface area contributed by atoms with E-state index in [0.29, 0.717) is 0 Å². The van der Waals surface area contributed by atoms with Gasteiger partial charge in [-0.15, -0.1) is 0 Å². The lowest BCUT2D eigenvalue weighted by molar-refractivity contribution is 0.115. The van der Waals surface area contributed by atoms with Gasteiger partial charge in [-0.1, -0.05) is 26.8 Å². The predicted molar refractivity (Wildman–Crippen MR) is 106 cm³/mol. The van der Waals surface area contributed by atoms with Gasteiger partial charge in [0.05, 0.1) is 12.8 Å². The van der Waals surface area contributed by atoms with Gasteiger partial charge in [-0.2, -0.15) is 0 Å². The number of hydrogen-bond acceptors (Lipinski definition) is 4. The molecule has 2 aliphatic heterocycles. The number of piperazine rings is 1. The number of nitrogens with zero attached hydrogens (tertiary/aromatic N) is 3. The van der Waals surface area contributed by atoms with Crippen LogP contribution in [0, 0.1) is 0 Å². The second kappa shape index (κ2) is 7.55. The molecule has 2 heterocycles. The Balaban J connectivity index is 1.64. The second-order valence-corrected chi connectivity index (χ2v) is 8.69. The minimum absolute atomic E-state index is 0.151. The van der Waals surface area contributed by atoms with Crippen LogP contribution in [0.15, 0.2) is 18.2 Å². The topological polar surface area (TPSA) is 19.0 Å². The standard InChI is InChI=1S/C21H35N3O/c1-21(2,3)17-6-7-19(20(16-17)25-5)24-14-12-23(13-15-24)18-8-10-22(4)11-9-18/h6-7,16,18H,8-15H2,1-5H3. The molecule has 0 saturated carbocycles. The Hall–Kier alpha value is -1.26. The summed E-state index contributed by atoms with van der Waals surface area (Å²) >= 11 is 0. The summed E-state index contributed by atoms with van der Waals surface area (Å²) in [5.41, 5.74) is 2.73. The van der Waals surface area contributed by atoms with Gasteiger partial charge in [0, 0.05) is 32.2 Å². The number of methoxy groups -OCH3 is 1. The molecular weight excluding hydrogens is 310 g/mol. The second-order valence-electron chi connectivity index (χ2n) is 8.69. The SMILES string of the molecule is COc1cc(C(C)(C)C)ccc1N1CCN(C2CCN(C)CC2)CC1. The Bertz CT molecular complexity index is 565. The Labute approximate surface area is 153 Å². The van der Waals surface area contributed by atoms with E-state index in [9.17, 15) is 0 Å². The van der Waals surface area contributed by atoms with Crippen LogP contribution in [0.5, 0.6) is 5.75 Å². The number of ether oxygens (including phenoxy) is 1. The summed E-state index contributed by atoms with van der Waals surface area (Å²) in [4.78, 5) is 7.66. The lowest BCUT2D eigenvalue weighted by Crippen LogP contribution is -2.53. The van der Waals surface area contributed by atoms with Gasteiger partial charge in [0.15, 0.2) is 0 Å². The minimum Gasteiger partial charge on any atom is -0.495 e. The molecule has 1 aromatic rings. The molecule has 0 atom stereocenters. The monoisotopic (exact) mass is 345 g/mol. The number of piperidine rings is 1. The zero-order valence-corrected chi connectivity index (χ0v) is 16.7. The van der Waals surface area contributed by atoms with Crippen molar-refractivity contribution < 1.29 is 4.74 Å². The minimum atomic E-state index is 0.151. The van der Waals surface area contributed by atoms with Crippen molar-refractivity contribution in [3.8, 4) is 5.75 Å². The first-order valence-electron chi connectivity index (χ1n) is 9.74. The zero-order valence-electron chi connectivity index (χ0n) is 16.7. The van der Waals surface area contributed by atoms with Gasteiger partial charge in [-0.3, -0.25) is 4.90 Å². The van der Waals surface area contributed by atoms with Gasteiger partial charge in [-0.05, 0) is 56.1 Å². The van der Waals surface area contributed by atoms with Crippen molar-refractivity contribution in [2.75, 3.05) is 58.3 Å². The third-order valence-corrected chi connectivity index (χ3v) is 5.91. The van der Waals surface area contributed by atoms with E-state index < -0.39 is 0 Å². The maximum absolute atomic E-state index is 5.73. The first kappa shape index (κ1) is 18.5. The molecule has 0 spiro atoms. The van der Waals surface area contributed by atoms with Crippen molar-refractivity contribution >= 4 is 5.69 Å². The quantitative estimate of drug-likeness (QED) is 0.837. The van der Waals surface area contributed by atoms with E-state index in [2.05, 4.69) is 60.7 Å². The summed E-state index contributed by atoms with van der Waals surface area (Å²) in [6.45, 7) is 13.8. The number of likely N-dealkylation sites (tertiary alicyclic amines) is 1. The van der Waals surface area contributed by atoms with Crippen LogP contribution in [0.3, 0.4) is 0 Å². The summed E-state index contributed by atoms with van der Waals surface area (Å²) in [6, 6.07) is 7.52. The van der Waals surface area contributed by atoms with Gasteiger partial charge in [0.25, 0.3) is 0 Å². The largest absolute Gasteiger partial charge is 0.495 e. The van der Waals surface area contributed by atoms with Crippen molar-refractivity contribution in [1.29, 1.82) is 0 Å². The molecule has 25 heavy (non-hydrogen) atoms. The maximum Gasteiger partial charge on any atom is 0.142 e. The van der Waals surface area contributed by atoms with Gasteiger partial charge in [0.2, 0.25) is 0 Å². The predicted octanol–water partition coefficient (Wildman–Crippen LogP) is 3.21. The molecule has 0 amide bonds. The molecule has 2 aliphatic rings. The van der Waals surface area contributed by atoms with Crippen LogP contribution in [-0.4, -0.2) is 69.3 Å². The van der Waals surface area contributed by atoms with Crippen molar-refractivity contribution in [2.45, 2.75) is 45.1 Å². The lowest BCUT2D eigenvalue weighted by Gasteiger charge is -2.43. The fourth-order valence-electron chi connectivity index (χ4n) is 4.09. The van der Waals surface area contributed by atoms with Crippen LogP contribution in [0.4, 0.5) is 5.69 Å². The van der Waals surface area contributed by atoms with E-state index in [0.717, 1.165) is 24.9 Å². The number of anilines is 1. The Morgan fingerprint density at radius 2 is 1.60 bits per heavy atom. The summed E-state index contributed by atoms with van der Waals surface area (Å²) in [5, 5.41) is 0. The molecule has 0 aliphatic carbocycles. The molecule has 0 unspecified atom stereocenters. The Morgan fingerprint density at radius 3 is 2.16 bits per heavy atom. The van der Waals surface area contributed by atoms with Gasteiger partial charge in [-0.25, -0.2) is 0 Å². The molecule has 2 fully saturated rings. The molecule has 140 valence electrons. The molecule has 0 aromatic heterocycles. The van der Waals surface area contributed by atoms with Crippen LogP contribution in [0.1, 0.15) is 39.2 Å². The van der Waals surface area contributed by atoms with Gasteiger partial charge >= 0.3 is 0 Å². The van der Waals surface area contributed by atoms with Crippen molar-refractivity contribution in [1.82, 2.24) is 9.80 Å². The smallest absolute Gasteiger partial charge is 0.142 e. The van der Waals surface area contributed by atoms with Crippen molar-refractivity contribution in [3.05, 3.63) is 23.8 Å². The third kappa shape index (κ3) is 4.29. The maximum atomic E-state index is 5.73. The summed E-state index contributed by atoms with van der Waals surface area (Å²) < 4.78 is 5.73. The van der Waals surface area contributed by atoms with E-state index >= 15 is 0 Å². The Kier molecular flexibility index (Phi) is 5.59. The highest BCUT2D eigenvalue weighted by Gasteiger charge is 2.27. The van der Waals surface area contributed by atoms with Crippen LogP contribution in [0.25, 0.3) is 0 Å². The highest BCUT2D eigenvalue weighted by Crippen LogP contribution is 2.34. The fourth-order valence-corrected chi connectivity index (χ4v) is 4.09. The first-order chi connectivity index (χ1) is 11.9. The molecule has 2 saturated heterocycles. The number of benzene rings is 1. The molecular formula is C21H35N3O. The number of hydrogen-bond donors (Lipinski definition) is 0. The van der Waals surface area contributed by atoms with Crippen LogP contribution in [0.2, 0.25) is 0 Å². The lowest BCUT2D eigenvalue weighted by atomic mass is 9.87. The first-order valence-corrected chi connectivity index (χ1v) is 9.74. The van der Waals surface area contributed by atoms with E-state index in [-0.39, 0.29) is 5.41 Å². The fraction of sp³-hybridized carbons (Fsp3) is 0.714. The molecule has 0 bridgehead atoms. The molecule has 4 nitrogen and oxygen atoms in total. The van der Waals surface area contributed by atoms with Gasteiger partial charge in [0.1, 0.15) is 5.75 Å². The highest BCUT2D eigenvalue weighted by molar-refractivity contribution is 5.60.